The molecular formula is C22H22ClN5O2. The molecule has 30 heavy (non-hydrogen) atoms. The standard InChI is InChI=1S/C22H22ClN5O2/c1-28-18-13-17(24-11-12-29)22(30-2)26-20(18)21(27-28)25-16-10-6-9-15(19(16)23)14-7-4-3-5-8-14/h3-10,13,24,29H,11-12H2,1-2H3,(H,25,27). The molecule has 0 fully saturated rings. The first-order valence-electron chi connectivity index (χ1n) is 9.49. The van der Waals surface area contributed by atoms with Gasteiger partial charge in [-0.2, -0.15) is 5.10 Å². The molecule has 0 amide bonds. The van der Waals surface area contributed by atoms with E-state index in [4.69, 9.17) is 21.4 Å². The van der Waals surface area contributed by atoms with Crippen LogP contribution >= 0.6 is 11.6 Å². The highest BCUT2D eigenvalue weighted by molar-refractivity contribution is 6.36. The Labute approximate surface area is 179 Å². The fourth-order valence-corrected chi connectivity index (χ4v) is 3.59. The zero-order chi connectivity index (χ0) is 21.1. The van der Waals surface area contributed by atoms with Gasteiger partial charge < -0.3 is 20.5 Å². The number of pyridine rings is 1. The number of anilines is 3. The number of nitrogens with one attached hydrogen (secondary N) is 2. The van der Waals surface area contributed by atoms with Crippen LogP contribution in [0.5, 0.6) is 5.88 Å². The molecule has 154 valence electrons. The highest BCUT2D eigenvalue weighted by Gasteiger charge is 2.17. The number of hydrogen-bond acceptors (Lipinski definition) is 6. The first-order chi connectivity index (χ1) is 14.6. The van der Waals surface area contributed by atoms with E-state index in [0.29, 0.717) is 34.5 Å². The highest BCUT2D eigenvalue weighted by Crippen LogP contribution is 2.37. The SMILES string of the molecule is COc1nc2c(Nc3cccc(-c4ccccc4)c3Cl)nn(C)c2cc1NCCO. The second-order valence-corrected chi connectivity index (χ2v) is 7.07. The van der Waals surface area contributed by atoms with E-state index in [1.54, 1.807) is 11.8 Å². The summed E-state index contributed by atoms with van der Waals surface area (Å²) in [4.78, 5) is 4.62. The molecule has 0 unspecified atom stereocenters. The van der Waals surface area contributed by atoms with Gasteiger partial charge in [0.15, 0.2) is 5.82 Å². The van der Waals surface area contributed by atoms with Crippen molar-refractivity contribution in [3.05, 3.63) is 59.6 Å². The van der Waals surface area contributed by atoms with Crippen LogP contribution in [-0.2, 0) is 7.05 Å². The largest absolute Gasteiger partial charge is 0.480 e. The van der Waals surface area contributed by atoms with Crippen LogP contribution in [0.1, 0.15) is 0 Å². The van der Waals surface area contributed by atoms with Gasteiger partial charge in [0.1, 0.15) is 5.52 Å². The molecule has 0 atom stereocenters. The fourth-order valence-electron chi connectivity index (χ4n) is 3.31. The van der Waals surface area contributed by atoms with Gasteiger partial charge in [0, 0.05) is 19.2 Å². The number of aromatic nitrogens is 3. The molecule has 2 aromatic heterocycles. The van der Waals surface area contributed by atoms with Crippen molar-refractivity contribution in [1.82, 2.24) is 14.8 Å². The zero-order valence-corrected chi connectivity index (χ0v) is 17.4. The molecule has 2 aromatic carbocycles. The molecule has 0 saturated heterocycles. The van der Waals surface area contributed by atoms with E-state index in [2.05, 4.69) is 20.7 Å². The molecule has 4 aromatic rings. The number of aryl methyl sites for hydroxylation is 1. The number of methoxy groups -OCH3 is 1. The predicted molar refractivity (Wildman–Crippen MR) is 121 cm³/mol. The second-order valence-electron chi connectivity index (χ2n) is 6.69. The third kappa shape index (κ3) is 3.77. The van der Waals surface area contributed by atoms with Crippen molar-refractivity contribution >= 4 is 39.8 Å². The van der Waals surface area contributed by atoms with Crippen molar-refractivity contribution in [2.75, 3.05) is 30.9 Å². The van der Waals surface area contributed by atoms with E-state index in [1.807, 2.05) is 61.6 Å². The molecule has 8 heteroatoms. The summed E-state index contributed by atoms with van der Waals surface area (Å²) in [5, 5.41) is 20.7. The van der Waals surface area contributed by atoms with Gasteiger partial charge in [-0.1, -0.05) is 54.1 Å². The summed E-state index contributed by atoms with van der Waals surface area (Å²) in [6, 6.07) is 17.7. The molecule has 0 radical (unpaired) electrons. The molecule has 0 aliphatic carbocycles. The third-order valence-electron chi connectivity index (χ3n) is 4.75. The molecule has 0 spiro atoms. The molecular weight excluding hydrogens is 402 g/mol. The monoisotopic (exact) mass is 423 g/mol. The summed E-state index contributed by atoms with van der Waals surface area (Å²) in [5.74, 6) is 1.00. The summed E-state index contributed by atoms with van der Waals surface area (Å²) >= 11 is 6.72. The van der Waals surface area contributed by atoms with Gasteiger partial charge in [-0.3, -0.25) is 4.68 Å². The summed E-state index contributed by atoms with van der Waals surface area (Å²) < 4.78 is 7.16. The highest BCUT2D eigenvalue weighted by atomic mass is 35.5. The summed E-state index contributed by atoms with van der Waals surface area (Å²) in [6.07, 6.45) is 0. The van der Waals surface area contributed by atoms with E-state index < -0.39 is 0 Å². The first kappa shape index (κ1) is 20.0. The quantitative estimate of drug-likeness (QED) is 0.407. The minimum Gasteiger partial charge on any atom is -0.480 e. The van der Waals surface area contributed by atoms with Gasteiger partial charge in [-0.25, -0.2) is 4.98 Å². The van der Waals surface area contributed by atoms with Crippen molar-refractivity contribution in [2.24, 2.45) is 7.05 Å². The molecule has 7 nitrogen and oxygen atoms in total. The number of aliphatic hydroxyl groups excluding tert-OH is 1. The van der Waals surface area contributed by atoms with Crippen LogP contribution in [0.2, 0.25) is 5.02 Å². The van der Waals surface area contributed by atoms with Crippen LogP contribution in [-0.4, -0.2) is 40.1 Å². The average molecular weight is 424 g/mol. The maximum atomic E-state index is 9.09. The molecule has 0 aliphatic rings. The second kappa shape index (κ2) is 8.61. The molecule has 0 bridgehead atoms. The smallest absolute Gasteiger partial charge is 0.237 e. The summed E-state index contributed by atoms with van der Waals surface area (Å²) in [6.45, 7) is 0.407. The number of hydrogen-bond donors (Lipinski definition) is 3. The van der Waals surface area contributed by atoms with Crippen molar-refractivity contribution in [1.29, 1.82) is 0 Å². The van der Waals surface area contributed by atoms with Crippen LogP contribution in [0.4, 0.5) is 17.2 Å². The number of ether oxygens (including phenoxy) is 1. The van der Waals surface area contributed by atoms with E-state index in [1.165, 1.54) is 0 Å². The Hall–Kier alpha value is -3.29. The van der Waals surface area contributed by atoms with Crippen LogP contribution in [0, 0.1) is 0 Å². The van der Waals surface area contributed by atoms with Gasteiger partial charge in [-0.15, -0.1) is 0 Å². The number of aliphatic hydroxyl groups is 1. The van der Waals surface area contributed by atoms with Crippen LogP contribution in [0.25, 0.3) is 22.2 Å². The molecule has 3 N–H and O–H groups in total. The Morgan fingerprint density at radius 1 is 1.10 bits per heavy atom. The van der Waals surface area contributed by atoms with Crippen LogP contribution < -0.4 is 15.4 Å². The Morgan fingerprint density at radius 2 is 1.90 bits per heavy atom. The van der Waals surface area contributed by atoms with Crippen LogP contribution in [0.3, 0.4) is 0 Å². The normalized spacial score (nSPS) is 10.9. The maximum Gasteiger partial charge on any atom is 0.237 e. The van der Waals surface area contributed by atoms with Gasteiger partial charge in [0.2, 0.25) is 5.88 Å². The fraction of sp³-hybridized carbons (Fsp3) is 0.182. The summed E-state index contributed by atoms with van der Waals surface area (Å²) in [7, 11) is 3.40. The Morgan fingerprint density at radius 3 is 2.63 bits per heavy atom. The minimum atomic E-state index is 0.00956. The lowest BCUT2D eigenvalue weighted by Crippen LogP contribution is -2.07. The lowest BCUT2D eigenvalue weighted by Gasteiger charge is -2.12. The van der Waals surface area contributed by atoms with Crippen molar-refractivity contribution in [3.8, 4) is 17.0 Å². The molecule has 2 heterocycles. The van der Waals surface area contributed by atoms with E-state index >= 15 is 0 Å². The zero-order valence-electron chi connectivity index (χ0n) is 16.7. The Balaban J connectivity index is 1.74. The lowest BCUT2D eigenvalue weighted by atomic mass is 10.1. The van der Waals surface area contributed by atoms with Crippen LogP contribution in [0.15, 0.2) is 54.6 Å². The third-order valence-corrected chi connectivity index (χ3v) is 5.15. The molecule has 0 aliphatic heterocycles. The van der Waals surface area contributed by atoms with Gasteiger partial charge in [0.25, 0.3) is 0 Å². The number of halogens is 1. The number of benzene rings is 2. The number of nitrogens with zero attached hydrogens (tertiary/aromatic N) is 3. The molecule has 0 saturated carbocycles. The minimum absolute atomic E-state index is 0.00956. The Kier molecular flexibility index (Phi) is 5.74. The van der Waals surface area contributed by atoms with Crippen molar-refractivity contribution in [3.63, 3.8) is 0 Å². The number of rotatable bonds is 7. The van der Waals surface area contributed by atoms with Crippen molar-refractivity contribution in [2.45, 2.75) is 0 Å². The van der Waals surface area contributed by atoms with E-state index in [-0.39, 0.29) is 6.61 Å². The van der Waals surface area contributed by atoms with E-state index in [0.717, 1.165) is 22.3 Å². The summed E-state index contributed by atoms with van der Waals surface area (Å²) in [5.41, 5.74) is 4.87. The van der Waals surface area contributed by atoms with Gasteiger partial charge in [0.05, 0.1) is 35.6 Å². The van der Waals surface area contributed by atoms with E-state index in [9.17, 15) is 0 Å². The predicted octanol–water partition coefficient (Wildman–Crippen LogP) is 4.45. The topological polar surface area (TPSA) is 84.2 Å². The number of fused-ring (bicyclic) bond motifs is 1. The van der Waals surface area contributed by atoms with Crippen molar-refractivity contribution < 1.29 is 9.84 Å². The average Bonchev–Trinajstić information content (AvgIpc) is 3.07. The maximum absolute atomic E-state index is 9.09. The van der Waals surface area contributed by atoms with Gasteiger partial charge in [-0.05, 0) is 17.7 Å². The lowest BCUT2D eigenvalue weighted by molar-refractivity contribution is 0.310. The van der Waals surface area contributed by atoms with Gasteiger partial charge >= 0.3 is 0 Å². The first-order valence-corrected chi connectivity index (χ1v) is 9.87. The Bertz CT molecular complexity index is 1180. The molecule has 4 rings (SSSR count).